The van der Waals surface area contributed by atoms with Gasteiger partial charge in [-0.3, -0.25) is 9.59 Å². The van der Waals surface area contributed by atoms with Gasteiger partial charge in [0.2, 0.25) is 5.91 Å². The van der Waals surface area contributed by atoms with Crippen molar-refractivity contribution in [2.24, 2.45) is 0 Å². The number of halogens is 1. The molecule has 0 saturated carbocycles. The number of amides is 1. The Balaban J connectivity index is 1.41. The highest BCUT2D eigenvalue weighted by Gasteiger charge is 2.23. The van der Waals surface area contributed by atoms with Crippen LogP contribution in [0.5, 0.6) is 11.5 Å². The van der Waals surface area contributed by atoms with E-state index >= 15 is 0 Å². The summed E-state index contributed by atoms with van der Waals surface area (Å²) in [4.78, 5) is 32.5. The minimum atomic E-state index is -0.782. The predicted molar refractivity (Wildman–Crippen MR) is 141 cm³/mol. The summed E-state index contributed by atoms with van der Waals surface area (Å²) in [5, 5.41) is 24.2. The summed E-state index contributed by atoms with van der Waals surface area (Å²) in [6.45, 7) is 0.434. The molecular formula is C28H32FN3O6. The van der Waals surface area contributed by atoms with Crippen molar-refractivity contribution in [2.75, 3.05) is 33.1 Å². The van der Waals surface area contributed by atoms with Crippen molar-refractivity contribution >= 4 is 33.5 Å². The fourth-order valence-electron chi connectivity index (χ4n) is 4.43. The fourth-order valence-corrected chi connectivity index (χ4v) is 4.43. The van der Waals surface area contributed by atoms with E-state index in [-0.39, 0.29) is 55.7 Å². The minimum absolute atomic E-state index is 0.0316. The highest BCUT2D eigenvalue weighted by molar-refractivity contribution is 5.93. The second-order valence-corrected chi connectivity index (χ2v) is 9.07. The molecule has 0 spiro atoms. The van der Waals surface area contributed by atoms with Crippen molar-refractivity contribution < 1.29 is 33.7 Å². The Morgan fingerprint density at radius 1 is 0.868 bits per heavy atom. The second kappa shape index (κ2) is 13.1. The van der Waals surface area contributed by atoms with Crippen molar-refractivity contribution in [3.05, 3.63) is 59.9 Å². The number of benzene rings is 2. The number of aromatic hydroxyl groups is 2. The summed E-state index contributed by atoms with van der Waals surface area (Å²) in [5.41, 5.74) is 3.12. The molecule has 9 nitrogen and oxygen atoms in total. The smallest absolute Gasteiger partial charge is 0.225 e. The first-order valence-corrected chi connectivity index (χ1v) is 12.6. The van der Waals surface area contributed by atoms with E-state index in [9.17, 15) is 24.2 Å². The number of phenolic OH excluding ortho intramolecular Hbond substituents is 2. The van der Waals surface area contributed by atoms with E-state index in [0.717, 1.165) is 27.4 Å². The van der Waals surface area contributed by atoms with Crippen LogP contribution in [0.25, 0.3) is 21.8 Å². The van der Waals surface area contributed by atoms with E-state index < -0.39 is 12.7 Å². The maximum absolute atomic E-state index is 13.2. The van der Waals surface area contributed by atoms with E-state index in [1.165, 1.54) is 0 Å². The summed E-state index contributed by atoms with van der Waals surface area (Å²) in [5.74, 6) is -0.246. The molecule has 2 heterocycles. The Kier molecular flexibility index (Phi) is 9.34. The topological polar surface area (TPSA) is 137 Å². The summed E-state index contributed by atoms with van der Waals surface area (Å²) in [7, 11) is 0. The molecule has 1 amide bonds. The van der Waals surface area contributed by atoms with Crippen LogP contribution in [0, 0.1) is 0 Å². The van der Waals surface area contributed by atoms with Gasteiger partial charge in [-0.2, -0.15) is 0 Å². The first kappa shape index (κ1) is 27.2. The van der Waals surface area contributed by atoms with Gasteiger partial charge in [0.25, 0.3) is 0 Å². The molecule has 0 aliphatic rings. The van der Waals surface area contributed by atoms with Gasteiger partial charge >= 0.3 is 0 Å². The number of carbonyl (C=O) groups excluding carboxylic acids is 2. The lowest BCUT2D eigenvalue weighted by Crippen LogP contribution is -2.43. The second-order valence-electron chi connectivity index (χ2n) is 9.07. The lowest BCUT2D eigenvalue weighted by atomic mass is 9.98. The van der Waals surface area contributed by atoms with Crippen molar-refractivity contribution in [1.29, 1.82) is 0 Å². The van der Waals surface area contributed by atoms with Crippen LogP contribution in [0.3, 0.4) is 0 Å². The van der Waals surface area contributed by atoms with Gasteiger partial charge in [0.1, 0.15) is 18.2 Å². The standard InChI is InChI=1S/C28H32FN3O6/c29-7-9-38-11-10-37-8-1-2-27(35)26(12-18-16-30-24-5-3-20(33)14-22(18)24)32-28(36)13-19-17-31-25-6-4-21(34)15-23(19)25/h3-6,14-17,26,30-31,33-34H,1-2,7-13H2,(H,32,36)/t26-/m0/s1. The number of hydrogen-bond donors (Lipinski definition) is 5. The molecule has 0 unspecified atom stereocenters. The Hall–Kier alpha value is -3.89. The third-order valence-corrected chi connectivity index (χ3v) is 6.31. The van der Waals surface area contributed by atoms with Crippen LogP contribution in [0.1, 0.15) is 24.0 Å². The first-order valence-electron chi connectivity index (χ1n) is 12.6. The molecule has 0 radical (unpaired) electrons. The quantitative estimate of drug-likeness (QED) is 0.150. The maximum Gasteiger partial charge on any atom is 0.225 e. The number of rotatable bonds is 15. The SMILES string of the molecule is O=C(Cc1c[nH]c2ccc(O)cc12)N[C@@H](Cc1c[nH]c2ccc(O)cc12)C(=O)CCCOCCOCCF. The number of ketones is 1. The molecule has 2 aromatic heterocycles. The lowest BCUT2D eigenvalue weighted by molar-refractivity contribution is -0.127. The molecule has 0 aliphatic heterocycles. The number of phenols is 2. The average Bonchev–Trinajstić information content (AvgIpc) is 3.48. The number of alkyl halides is 1. The molecule has 4 rings (SSSR count). The normalized spacial score (nSPS) is 12.2. The van der Waals surface area contributed by atoms with Crippen LogP contribution in [0.2, 0.25) is 0 Å². The van der Waals surface area contributed by atoms with Crippen LogP contribution < -0.4 is 5.32 Å². The van der Waals surface area contributed by atoms with Crippen LogP contribution in [-0.2, 0) is 31.9 Å². The Bertz CT molecular complexity index is 1380. The fraction of sp³-hybridized carbons (Fsp3) is 0.357. The summed E-state index contributed by atoms with van der Waals surface area (Å²) < 4.78 is 22.5. The zero-order valence-electron chi connectivity index (χ0n) is 21.0. The molecule has 38 heavy (non-hydrogen) atoms. The molecule has 0 fully saturated rings. The molecule has 5 N–H and O–H groups in total. The highest BCUT2D eigenvalue weighted by atomic mass is 19.1. The molecule has 1 atom stereocenters. The largest absolute Gasteiger partial charge is 0.508 e. The van der Waals surface area contributed by atoms with E-state index in [1.54, 1.807) is 48.8 Å². The maximum atomic E-state index is 13.2. The number of aromatic nitrogens is 2. The van der Waals surface area contributed by atoms with Gasteiger partial charge in [0, 0.05) is 53.6 Å². The third-order valence-electron chi connectivity index (χ3n) is 6.31. The highest BCUT2D eigenvalue weighted by Crippen LogP contribution is 2.25. The molecular weight excluding hydrogens is 493 g/mol. The van der Waals surface area contributed by atoms with Gasteiger partial charge in [-0.1, -0.05) is 0 Å². The lowest BCUT2D eigenvalue weighted by Gasteiger charge is -2.18. The van der Waals surface area contributed by atoms with Crippen molar-refractivity contribution in [3.8, 4) is 11.5 Å². The number of fused-ring (bicyclic) bond motifs is 2. The molecule has 202 valence electrons. The number of aromatic amines is 2. The van der Waals surface area contributed by atoms with Crippen LogP contribution in [0.4, 0.5) is 4.39 Å². The number of ether oxygens (including phenoxy) is 2. The zero-order valence-corrected chi connectivity index (χ0v) is 21.0. The van der Waals surface area contributed by atoms with Gasteiger partial charge < -0.3 is 35.0 Å². The molecule has 0 aliphatic carbocycles. The van der Waals surface area contributed by atoms with Gasteiger partial charge in [0.05, 0.1) is 32.3 Å². The number of hydrogen-bond acceptors (Lipinski definition) is 6. The summed E-state index contributed by atoms with van der Waals surface area (Å²) in [6.07, 6.45) is 4.44. The third kappa shape index (κ3) is 7.11. The number of H-pyrrole nitrogens is 2. The van der Waals surface area contributed by atoms with Gasteiger partial charge in [0.15, 0.2) is 5.78 Å². The number of carbonyl (C=O) groups is 2. The molecule has 0 saturated heterocycles. The monoisotopic (exact) mass is 525 g/mol. The molecule has 2 aromatic carbocycles. The van der Waals surface area contributed by atoms with E-state index in [4.69, 9.17) is 9.47 Å². The zero-order chi connectivity index (χ0) is 26.9. The first-order chi connectivity index (χ1) is 18.4. The number of Topliss-reactive ketones (excluding diaryl/α,β-unsaturated/α-hetero) is 1. The van der Waals surface area contributed by atoms with Crippen LogP contribution >= 0.6 is 0 Å². The van der Waals surface area contributed by atoms with Crippen LogP contribution in [0.15, 0.2) is 48.8 Å². The van der Waals surface area contributed by atoms with Crippen LogP contribution in [-0.4, -0.2) is 71.0 Å². The Labute approximate surface area is 219 Å². The van der Waals surface area contributed by atoms with Crippen molar-refractivity contribution in [2.45, 2.75) is 31.7 Å². The van der Waals surface area contributed by atoms with Crippen molar-refractivity contribution in [3.63, 3.8) is 0 Å². The van der Waals surface area contributed by atoms with Gasteiger partial charge in [-0.05, 0) is 53.9 Å². The van der Waals surface area contributed by atoms with Gasteiger partial charge in [-0.25, -0.2) is 4.39 Å². The Morgan fingerprint density at radius 3 is 2.13 bits per heavy atom. The molecule has 0 bridgehead atoms. The predicted octanol–water partition coefficient (Wildman–Crippen LogP) is 3.68. The minimum Gasteiger partial charge on any atom is -0.508 e. The van der Waals surface area contributed by atoms with Crippen molar-refractivity contribution in [1.82, 2.24) is 15.3 Å². The van der Waals surface area contributed by atoms with E-state index in [1.807, 2.05) is 0 Å². The molecule has 10 heteroatoms. The average molecular weight is 526 g/mol. The number of nitrogens with one attached hydrogen (secondary N) is 3. The van der Waals surface area contributed by atoms with E-state index in [2.05, 4.69) is 15.3 Å². The summed E-state index contributed by atoms with van der Waals surface area (Å²) >= 11 is 0. The van der Waals surface area contributed by atoms with Gasteiger partial charge in [-0.15, -0.1) is 0 Å². The van der Waals surface area contributed by atoms with E-state index in [0.29, 0.717) is 25.2 Å². The summed E-state index contributed by atoms with van der Waals surface area (Å²) in [6, 6.07) is 9.08. The Morgan fingerprint density at radius 2 is 1.47 bits per heavy atom. The molecule has 4 aromatic rings.